The van der Waals surface area contributed by atoms with Crippen LogP contribution in [0.3, 0.4) is 0 Å². The average Bonchev–Trinajstić information content (AvgIpc) is 2.72. The third kappa shape index (κ3) is 4.46. The Morgan fingerprint density at radius 2 is 1.82 bits per heavy atom. The van der Waals surface area contributed by atoms with Crippen molar-refractivity contribution in [1.29, 1.82) is 0 Å². The molecule has 0 saturated carbocycles. The van der Waals surface area contributed by atoms with Gasteiger partial charge in [0.05, 0.1) is 19.7 Å². The van der Waals surface area contributed by atoms with Gasteiger partial charge in [0.25, 0.3) is 5.91 Å². The van der Waals surface area contributed by atoms with Gasteiger partial charge in [-0.05, 0) is 42.8 Å². The number of nitrogens with zero attached hydrogens (tertiary/aromatic N) is 1. The lowest BCUT2D eigenvalue weighted by Gasteiger charge is -2.13. The number of carbonyl (C=O) groups is 1. The maximum Gasteiger partial charge on any atom is 0.258 e. The number of pyridine rings is 1. The molecular weight excluding hydrogens is 378 g/mol. The van der Waals surface area contributed by atoms with Gasteiger partial charge in [-0.1, -0.05) is 17.7 Å². The molecule has 2 aromatic carbocycles. The second-order valence-corrected chi connectivity index (χ2v) is 6.53. The van der Waals surface area contributed by atoms with Crippen molar-refractivity contribution >= 4 is 34.1 Å². The van der Waals surface area contributed by atoms with Crippen molar-refractivity contribution in [2.75, 3.05) is 32.6 Å². The normalized spacial score (nSPS) is 10.5. The Bertz CT molecular complexity index is 956. The molecule has 0 atom stereocenters. The van der Waals surface area contributed by atoms with Crippen LogP contribution < -0.4 is 20.1 Å². The SMILES string of the molecule is COc1cccc(OC)c1C(=O)NCCCNc1ccnc2cc(Cl)ccc12. The summed E-state index contributed by atoms with van der Waals surface area (Å²) < 4.78 is 10.6. The predicted octanol–water partition coefficient (Wildman–Crippen LogP) is 4.14. The maximum atomic E-state index is 12.5. The van der Waals surface area contributed by atoms with Gasteiger partial charge < -0.3 is 20.1 Å². The number of anilines is 1. The van der Waals surface area contributed by atoms with E-state index in [1.54, 1.807) is 24.4 Å². The molecule has 0 aliphatic carbocycles. The van der Waals surface area contributed by atoms with Crippen molar-refractivity contribution < 1.29 is 14.3 Å². The number of nitrogens with one attached hydrogen (secondary N) is 2. The summed E-state index contributed by atoms with van der Waals surface area (Å²) in [5.41, 5.74) is 2.23. The molecule has 7 heteroatoms. The summed E-state index contributed by atoms with van der Waals surface area (Å²) in [6.07, 6.45) is 2.50. The molecule has 146 valence electrons. The van der Waals surface area contributed by atoms with E-state index in [4.69, 9.17) is 21.1 Å². The fraction of sp³-hybridized carbons (Fsp3) is 0.238. The first-order valence-electron chi connectivity index (χ1n) is 8.91. The highest BCUT2D eigenvalue weighted by molar-refractivity contribution is 6.31. The third-order valence-electron chi connectivity index (χ3n) is 4.31. The van der Waals surface area contributed by atoms with Gasteiger partial charge in [-0.3, -0.25) is 9.78 Å². The molecule has 1 heterocycles. The lowest BCUT2D eigenvalue weighted by atomic mass is 10.1. The van der Waals surface area contributed by atoms with Gasteiger partial charge in [0.15, 0.2) is 0 Å². The molecule has 3 rings (SSSR count). The number of rotatable bonds is 8. The highest BCUT2D eigenvalue weighted by Crippen LogP contribution is 2.28. The Balaban J connectivity index is 1.55. The van der Waals surface area contributed by atoms with Crippen molar-refractivity contribution in [2.45, 2.75) is 6.42 Å². The van der Waals surface area contributed by atoms with Crippen LogP contribution in [-0.2, 0) is 0 Å². The van der Waals surface area contributed by atoms with E-state index in [-0.39, 0.29) is 5.91 Å². The Labute approximate surface area is 168 Å². The zero-order valence-electron chi connectivity index (χ0n) is 15.8. The van der Waals surface area contributed by atoms with Gasteiger partial charge in [-0.2, -0.15) is 0 Å². The van der Waals surface area contributed by atoms with Crippen molar-refractivity contribution in [3.8, 4) is 11.5 Å². The van der Waals surface area contributed by atoms with E-state index in [9.17, 15) is 4.79 Å². The third-order valence-corrected chi connectivity index (χ3v) is 4.55. The number of hydrogen-bond donors (Lipinski definition) is 2. The highest BCUT2D eigenvalue weighted by atomic mass is 35.5. The Morgan fingerprint density at radius 1 is 1.07 bits per heavy atom. The lowest BCUT2D eigenvalue weighted by Crippen LogP contribution is -2.26. The minimum atomic E-state index is -0.224. The minimum Gasteiger partial charge on any atom is -0.496 e. The molecule has 6 nitrogen and oxygen atoms in total. The van der Waals surface area contributed by atoms with Crippen LogP contribution in [0.1, 0.15) is 16.8 Å². The fourth-order valence-corrected chi connectivity index (χ4v) is 3.12. The summed E-state index contributed by atoms with van der Waals surface area (Å²) in [5, 5.41) is 7.96. The molecule has 0 spiro atoms. The smallest absolute Gasteiger partial charge is 0.258 e. The molecule has 1 aromatic heterocycles. The molecule has 0 fully saturated rings. The number of hydrogen-bond acceptors (Lipinski definition) is 5. The summed E-state index contributed by atoms with van der Waals surface area (Å²) >= 11 is 6.02. The molecule has 0 bridgehead atoms. The van der Waals surface area contributed by atoms with Crippen LogP contribution >= 0.6 is 11.6 Å². The predicted molar refractivity (Wildman–Crippen MR) is 112 cm³/mol. The van der Waals surface area contributed by atoms with Crippen LogP contribution in [0.25, 0.3) is 10.9 Å². The Hall–Kier alpha value is -2.99. The van der Waals surface area contributed by atoms with Gasteiger partial charge in [-0.25, -0.2) is 0 Å². The van der Waals surface area contributed by atoms with Gasteiger partial charge in [0.1, 0.15) is 17.1 Å². The van der Waals surface area contributed by atoms with E-state index in [2.05, 4.69) is 15.6 Å². The lowest BCUT2D eigenvalue weighted by molar-refractivity contribution is 0.0947. The number of methoxy groups -OCH3 is 2. The zero-order valence-corrected chi connectivity index (χ0v) is 16.5. The van der Waals surface area contributed by atoms with Crippen molar-refractivity contribution in [2.24, 2.45) is 0 Å². The largest absolute Gasteiger partial charge is 0.496 e. The molecule has 0 aliphatic rings. The van der Waals surface area contributed by atoms with E-state index >= 15 is 0 Å². The Kier molecular flexibility index (Phi) is 6.55. The van der Waals surface area contributed by atoms with Gasteiger partial charge in [-0.15, -0.1) is 0 Å². The zero-order chi connectivity index (χ0) is 19.9. The monoisotopic (exact) mass is 399 g/mol. The molecule has 3 aromatic rings. The second-order valence-electron chi connectivity index (χ2n) is 6.09. The number of halogens is 1. The number of ether oxygens (including phenoxy) is 2. The summed E-state index contributed by atoms with van der Waals surface area (Å²) in [4.78, 5) is 16.9. The summed E-state index contributed by atoms with van der Waals surface area (Å²) in [5.74, 6) is 0.743. The quantitative estimate of drug-likeness (QED) is 0.557. The first-order valence-corrected chi connectivity index (χ1v) is 9.29. The summed E-state index contributed by atoms with van der Waals surface area (Å²) in [6, 6.07) is 12.8. The summed E-state index contributed by atoms with van der Waals surface area (Å²) in [7, 11) is 3.06. The van der Waals surface area contributed by atoms with Crippen LogP contribution in [-0.4, -0.2) is 38.2 Å². The van der Waals surface area contributed by atoms with E-state index in [0.29, 0.717) is 35.2 Å². The first-order chi connectivity index (χ1) is 13.6. The number of fused-ring (bicyclic) bond motifs is 1. The average molecular weight is 400 g/mol. The number of carbonyl (C=O) groups excluding carboxylic acids is 1. The standard InChI is InChI=1S/C21H22ClN3O3/c1-27-18-5-3-6-19(28-2)20(18)21(26)25-11-4-10-23-16-9-12-24-17-13-14(22)7-8-15(16)17/h3,5-9,12-13H,4,10-11H2,1-2H3,(H,23,24)(H,25,26). The van der Waals surface area contributed by atoms with Gasteiger partial charge in [0, 0.05) is 35.4 Å². The molecule has 2 N–H and O–H groups in total. The highest BCUT2D eigenvalue weighted by Gasteiger charge is 2.17. The number of aromatic nitrogens is 1. The van der Waals surface area contributed by atoms with Crippen molar-refractivity contribution in [3.63, 3.8) is 0 Å². The fourth-order valence-electron chi connectivity index (χ4n) is 2.95. The maximum absolute atomic E-state index is 12.5. The van der Waals surface area contributed by atoms with Crippen LogP contribution in [0.5, 0.6) is 11.5 Å². The second kappa shape index (κ2) is 9.28. The molecule has 1 amide bonds. The molecular formula is C21H22ClN3O3. The molecule has 0 radical (unpaired) electrons. The number of amides is 1. The van der Waals surface area contributed by atoms with Crippen LogP contribution in [0.4, 0.5) is 5.69 Å². The minimum absolute atomic E-state index is 0.224. The Morgan fingerprint density at radius 3 is 2.54 bits per heavy atom. The molecule has 0 aliphatic heterocycles. The van der Waals surface area contributed by atoms with Gasteiger partial charge in [0.2, 0.25) is 0 Å². The molecule has 0 saturated heterocycles. The van der Waals surface area contributed by atoms with E-state index < -0.39 is 0 Å². The molecule has 28 heavy (non-hydrogen) atoms. The van der Waals surface area contributed by atoms with Crippen LogP contribution in [0, 0.1) is 0 Å². The van der Waals surface area contributed by atoms with Crippen molar-refractivity contribution in [1.82, 2.24) is 10.3 Å². The van der Waals surface area contributed by atoms with Gasteiger partial charge >= 0.3 is 0 Å². The van der Waals surface area contributed by atoms with Crippen molar-refractivity contribution in [3.05, 3.63) is 59.2 Å². The topological polar surface area (TPSA) is 72.5 Å². The van der Waals surface area contributed by atoms with Crippen LogP contribution in [0.2, 0.25) is 5.02 Å². The number of benzene rings is 2. The molecule has 0 unspecified atom stereocenters. The van der Waals surface area contributed by atoms with E-state index in [1.807, 2.05) is 24.3 Å². The summed E-state index contributed by atoms with van der Waals surface area (Å²) in [6.45, 7) is 1.22. The first kappa shape index (κ1) is 19.8. The van der Waals surface area contributed by atoms with E-state index in [1.165, 1.54) is 14.2 Å². The van der Waals surface area contributed by atoms with Crippen LogP contribution in [0.15, 0.2) is 48.7 Å². The van der Waals surface area contributed by atoms with E-state index in [0.717, 1.165) is 23.0 Å².